The van der Waals surface area contributed by atoms with Crippen molar-refractivity contribution in [2.24, 2.45) is 0 Å². The summed E-state index contributed by atoms with van der Waals surface area (Å²) in [7, 11) is 0. The molecule has 1 atom stereocenters. The van der Waals surface area contributed by atoms with Gasteiger partial charge < -0.3 is 20.7 Å². The molecule has 4 rings (SSSR count). The maximum atomic E-state index is 12.4. The van der Waals surface area contributed by atoms with Crippen LogP contribution in [0.2, 0.25) is 0 Å². The third kappa shape index (κ3) is 5.52. The van der Waals surface area contributed by atoms with Crippen molar-refractivity contribution >= 4 is 56.7 Å². The lowest BCUT2D eigenvalue weighted by atomic mass is 10.1. The SMILES string of the molecule is Cc1cccc(C)c1Nc1nnc(SCC(=O)N[C@H](Cc2c[nH]c3ccccc23)C(=O)O)s1. The summed E-state index contributed by atoms with van der Waals surface area (Å²) in [6, 6.07) is 12.7. The highest BCUT2D eigenvalue weighted by molar-refractivity contribution is 8.01. The van der Waals surface area contributed by atoms with Gasteiger partial charge in [-0.2, -0.15) is 0 Å². The fourth-order valence-electron chi connectivity index (χ4n) is 3.52. The molecule has 0 aliphatic carbocycles. The Morgan fingerprint density at radius 1 is 1.12 bits per heavy atom. The number of benzene rings is 2. The Bertz CT molecular complexity index is 1280. The normalized spacial score (nSPS) is 11.9. The van der Waals surface area contributed by atoms with Crippen LogP contribution in [0.5, 0.6) is 0 Å². The Hall–Kier alpha value is -3.37. The second-order valence-electron chi connectivity index (χ2n) is 7.58. The highest BCUT2D eigenvalue weighted by Crippen LogP contribution is 2.30. The molecule has 10 heteroatoms. The third-order valence-corrected chi connectivity index (χ3v) is 7.15. The zero-order valence-electron chi connectivity index (χ0n) is 18.1. The van der Waals surface area contributed by atoms with E-state index in [2.05, 4.69) is 25.8 Å². The minimum absolute atomic E-state index is 0.0513. The van der Waals surface area contributed by atoms with E-state index in [9.17, 15) is 14.7 Å². The van der Waals surface area contributed by atoms with Crippen molar-refractivity contribution in [3.8, 4) is 0 Å². The van der Waals surface area contributed by atoms with Gasteiger partial charge >= 0.3 is 5.97 Å². The molecule has 0 fully saturated rings. The molecule has 33 heavy (non-hydrogen) atoms. The number of fused-ring (bicyclic) bond motifs is 1. The maximum Gasteiger partial charge on any atom is 0.326 e. The number of carboxylic acid groups (broad SMARTS) is 1. The van der Waals surface area contributed by atoms with Gasteiger partial charge in [-0.3, -0.25) is 4.79 Å². The maximum absolute atomic E-state index is 12.4. The summed E-state index contributed by atoms with van der Waals surface area (Å²) in [6.07, 6.45) is 1.98. The fourth-order valence-corrected chi connectivity index (χ4v) is 5.09. The minimum Gasteiger partial charge on any atom is -0.480 e. The Morgan fingerprint density at radius 3 is 2.64 bits per heavy atom. The first-order valence-corrected chi connectivity index (χ1v) is 12.1. The summed E-state index contributed by atoms with van der Waals surface area (Å²) in [5.41, 5.74) is 4.98. The number of nitrogens with one attached hydrogen (secondary N) is 3. The number of carbonyl (C=O) groups is 2. The van der Waals surface area contributed by atoms with Crippen LogP contribution in [0.3, 0.4) is 0 Å². The monoisotopic (exact) mass is 481 g/mol. The molecule has 0 saturated heterocycles. The van der Waals surface area contributed by atoms with Crippen molar-refractivity contribution in [2.45, 2.75) is 30.6 Å². The number of aliphatic carboxylic acids is 1. The number of hydrogen-bond acceptors (Lipinski definition) is 7. The Kier molecular flexibility index (Phi) is 6.95. The van der Waals surface area contributed by atoms with Crippen molar-refractivity contribution in [2.75, 3.05) is 11.1 Å². The first-order valence-electron chi connectivity index (χ1n) is 10.3. The molecule has 2 heterocycles. The number of carbonyl (C=O) groups excluding carboxylic acids is 1. The van der Waals surface area contributed by atoms with Crippen molar-refractivity contribution < 1.29 is 14.7 Å². The molecule has 0 bridgehead atoms. The molecule has 0 spiro atoms. The van der Waals surface area contributed by atoms with Gasteiger partial charge in [-0.25, -0.2) is 4.79 Å². The fraction of sp³-hybridized carbons (Fsp3) is 0.217. The summed E-state index contributed by atoms with van der Waals surface area (Å²) in [4.78, 5) is 27.3. The van der Waals surface area contributed by atoms with Crippen molar-refractivity contribution in [3.05, 3.63) is 65.4 Å². The highest BCUT2D eigenvalue weighted by Gasteiger charge is 2.22. The number of aromatic nitrogens is 3. The van der Waals surface area contributed by atoms with E-state index in [1.807, 2.05) is 56.3 Å². The molecule has 1 amide bonds. The van der Waals surface area contributed by atoms with Gasteiger partial charge in [0.15, 0.2) is 4.34 Å². The van der Waals surface area contributed by atoms with Gasteiger partial charge in [0.1, 0.15) is 6.04 Å². The number of aryl methyl sites for hydroxylation is 2. The number of rotatable bonds is 9. The lowest BCUT2D eigenvalue weighted by Gasteiger charge is -2.14. The van der Waals surface area contributed by atoms with Gasteiger partial charge in [-0.1, -0.05) is 59.5 Å². The molecule has 2 aromatic heterocycles. The van der Waals surface area contributed by atoms with Gasteiger partial charge in [-0.15, -0.1) is 10.2 Å². The van der Waals surface area contributed by atoms with Crippen LogP contribution < -0.4 is 10.6 Å². The summed E-state index contributed by atoms with van der Waals surface area (Å²) in [6.45, 7) is 4.04. The number of aromatic amines is 1. The predicted molar refractivity (Wildman–Crippen MR) is 131 cm³/mol. The molecule has 170 valence electrons. The van der Waals surface area contributed by atoms with Crippen molar-refractivity contribution in [3.63, 3.8) is 0 Å². The number of amides is 1. The van der Waals surface area contributed by atoms with Crippen molar-refractivity contribution in [1.29, 1.82) is 0 Å². The number of para-hydroxylation sites is 2. The molecular formula is C23H23N5O3S2. The van der Waals surface area contributed by atoms with E-state index >= 15 is 0 Å². The first-order chi connectivity index (χ1) is 15.9. The van der Waals surface area contributed by atoms with E-state index in [4.69, 9.17) is 0 Å². The largest absolute Gasteiger partial charge is 0.480 e. The number of hydrogen-bond donors (Lipinski definition) is 4. The lowest BCUT2D eigenvalue weighted by molar-refractivity contribution is -0.141. The van der Waals surface area contributed by atoms with Crippen LogP contribution in [-0.4, -0.2) is 44.0 Å². The first kappa shape index (κ1) is 22.8. The topological polar surface area (TPSA) is 120 Å². The zero-order chi connectivity index (χ0) is 23.4. The van der Waals surface area contributed by atoms with Crippen LogP contribution >= 0.6 is 23.1 Å². The molecule has 0 radical (unpaired) electrons. The number of anilines is 2. The second-order valence-corrected chi connectivity index (χ2v) is 9.78. The summed E-state index contributed by atoms with van der Waals surface area (Å²) < 4.78 is 0.627. The molecule has 8 nitrogen and oxygen atoms in total. The lowest BCUT2D eigenvalue weighted by Crippen LogP contribution is -2.43. The standard InChI is InChI=1S/C23H23N5O3S2/c1-13-6-5-7-14(2)20(13)26-22-27-28-23(33-22)32-12-19(29)25-18(21(30)31)10-15-11-24-17-9-4-3-8-16(15)17/h3-9,11,18,24H,10,12H2,1-2H3,(H,25,29)(H,26,27)(H,30,31)/t18-/m1/s1. The summed E-state index contributed by atoms with van der Waals surface area (Å²) in [5.74, 6) is -1.39. The van der Waals surface area contributed by atoms with E-state index < -0.39 is 12.0 Å². The van der Waals surface area contributed by atoms with Crippen LogP contribution in [0, 0.1) is 13.8 Å². The number of thioether (sulfide) groups is 1. The van der Waals surface area contributed by atoms with Crippen LogP contribution in [0.15, 0.2) is 53.0 Å². The second kappa shape index (κ2) is 10.1. The highest BCUT2D eigenvalue weighted by atomic mass is 32.2. The van der Waals surface area contributed by atoms with E-state index in [0.717, 1.165) is 33.3 Å². The van der Waals surface area contributed by atoms with Gasteiger partial charge in [0.2, 0.25) is 11.0 Å². The Morgan fingerprint density at radius 2 is 1.88 bits per heavy atom. The smallest absolute Gasteiger partial charge is 0.326 e. The molecule has 2 aromatic carbocycles. The van der Waals surface area contributed by atoms with Crippen LogP contribution in [0.25, 0.3) is 10.9 Å². The van der Waals surface area contributed by atoms with Crippen LogP contribution in [0.4, 0.5) is 10.8 Å². The summed E-state index contributed by atoms with van der Waals surface area (Å²) >= 11 is 2.57. The van der Waals surface area contributed by atoms with Crippen molar-refractivity contribution in [1.82, 2.24) is 20.5 Å². The summed E-state index contributed by atoms with van der Waals surface area (Å²) in [5, 5.41) is 25.4. The minimum atomic E-state index is -1.07. The Balaban J connectivity index is 1.34. The average molecular weight is 482 g/mol. The zero-order valence-corrected chi connectivity index (χ0v) is 19.7. The van der Waals surface area contributed by atoms with Crippen LogP contribution in [-0.2, 0) is 16.0 Å². The predicted octanol–water partition coefficient (Wildman–Crippen LogP) is 4.28. The molecular weight excluding hydrogens is 458 g/mol. The Labute approximate surface area is 198 Å². The number of nitrogens with zero attached hydrogens (tertiary/aromatic N) is 2. The molecule has 0 aliphatic heterocycles. The van der Waals surface area contributed by atoms with E-state index in [1.165, 1.54) is 23.1 Å². The molecule has 0 saturated carbocycles. The van der Waals surface area contributed by atoms with E-state index in [1.54, 1.807) is 6.20 Å². The van der Waals surface area contributed by atoms with E-state index in [0.29, 0.717) is 9.47 Å². The van der Waals surface area contributed by atoms with Gasteiger partial charge in [-0.05, 0) is 36.6 Å². The quantitative estimate of drug-likeness (QED) is 0.263. The number of H-pyrrole nitrogens is 1. The van der Waals surface area contributed by atoms with Gasteiger partial charge in [0.05, 0.1) is 5.75 Å². The molecule has 4 aromatic rings. The van der Waals surface area contributed by atoms with Crippen LogP contribution in [0.1, 0.15) is 16.7 Å². The van der Waals surface area contributed by atoms with E-state index in [-0.39, 0.29) is 18.1 Å². The van der Waals surface area contributed by atoms with Gasteiger partial charge in [0.25, 0.3) is 0 Å². The molecule has 0 aliphatic rings. The molecule has 0 unspecified atom stereocenters. The average Bonchev–Trinajstić information content (AvgIpc) is 3.41. The number of carboxylic acids is 1. The van der Waals surface area contributed by atoms with Gasteiger partial charge in [0, 0.05) is 29.2 Å². The molecule has 4 N–H and O–H groups in total. The third-order valence-electron chi connectivity index (χ3n) is 5.18.